The molecule has 0 aromatic heterocycles. The second-order valence-corrected chi connectivity index (χ2v) is 4.92. The van der Waals surface area contributed by atoms with Gasteiger partial charge in [0.05, 0.1) is 19.6 Å². The van der Waals surface area contributed by atoms with Crippen LogP contribution >= 0.6 is 0 Å². The second-order valence-electron chi connectivity index (χ2n) is 4.92. The molecule has 0 fully saturated rings. The van der Waals surface area contributed by atoms with Gasteiger partial charge in [-0.2, -0.15) is 0 Å². The normalized spacial score (nSPS) is 11.3. The van der Waals surface area contributed by atoms with Gasteiger partial charge in [0.1, 0.15) is 6.54 Å². The molecule has 1 rings (SSSR count). The fourth-order valence-corrected chi connectivity index (χ4v) is 1.98. The highest BCUT2D eigenvalue weighted by atomic mass is 19.5. The first-order valence-corrected chi connectivity index (χ1v) is 7.40. The predicted molar refractivity (Wildman–Crippen MR) is 88.4 cm³/mol. The van der Waals surface area contributed by atoms with E-state index >= 15 is 0 Å². The highest BCUT2D eigenvalue weighted by Gasteiger charge is 2.21. The second kappa shape index (κ2) is 13.0. The maximum atomic E-state index is 9.75. The summed E-state index contributed by atoms with van der Waals surface area (Å²) in [5.74, 6) is 0. The van der Waals surface area contributed by atoms with Crippen LogP contribution in [0.3, 0.4) is 0 Å². The minimum atomic E-state index is -6.00. The van der Waals surface area contributed by atoms with Crippen molar-refractivity contribution in [2.24, 2.45) is 0 Å². The molecule has 25 heavy (non-hydrogen) atoms. The summed E-state index contributed by atoms with van der Waals surface area (Å²) in [5, 5.41) is 0. The Morgan fingerprint density at radius 2 is 0.960 bits per heavy atom. The summed E-state index contributed by atoms with van der Waals surface area (Å²) < 4.78 is 79.2. The van der Waals surface area contributed by atoms with Crippen molar-refractivity contribution in [1.29, 1.82) is 0 Å². The van der Waals surface area contributed by atoms with Crippen molar-refractivity contribution in [2.75, 3.05) is 19.6 Å². The lowest BCUT2D eigenvalue weighted by Crippen LogP contribution is -2.46. The van der Waals surface area contributed by atoms with E-state index in [9.17, 15) is 34.5 Å². The molecule has 1 aromatic rings. The average Bonchev–Trinajstić information content (AvgIpc) is 2.42. The molecule has 0 radical (unpaired) electrons. The topological polar surface area (TPSA) is 36.5 Å². The Balaban J connectivity index is -0.000000368. The molecule has 0 unspecified atom stereocenters. The Morgan fingerprint density at radius 3 is 1.20 bits per heavy atom. The molecule has 0 saturated heterocycles. The van der Waals surface area contributed by atoms with E-state index in [2.05, 4.69) is 51.1 Å². The van der Waals surface area contributed by atoms with Crippen molar-refractivity contribution in [3.8, 4) is 0 Å². The number of nitrogens with zero attached hydrogens (tertiary/aromatic N) is 1. The average molecular weight is 384 g/mol. The van der Waals surface area contributed by atoms with E-state index in [1.165, 1.54) is 36.2 Å². The Kier molecular flexibility index (Phi) is 14.8. The van der Waals surface area contributed by atoms with E-state index in [1.807, 2.05) is 0 Å². The van der Waals surface area contributed by atoms with Gasteiger partial charge < -0.3 is 45.2 Å². The number of benzene rings is 1. The van der Waals surface area contributed by atoms with Gasteiger partial charge in [0, 0.05) is 5.56 Å². The molecule has 0 spiro atoms. The van der Waals surface area contributed by atoms with Crippen LogP contribution in [-0.2, 0) is 6.54 Å². The van der Waals surface area contributed by atoms with Crippen LogP contribution in [0, 0.1) is 0 Å². The number of rotatable bonds is 5. The van der Waals surface area contributed by atoms with E-state index in [1.54, 1.807) is 0 Å². The standard InChI is InChI=1S/C13H22N.2BF4.H3N/c1-4-14(5-2,6-3)12-13-10-8-7-9-11-13;2*2-1(3,4)5;/h7-11H,4-6,12H2,1-3H3;;;1H3/q+1;2*-1;/p+1. The van der Waals surface area contributed by atoms with Gasteiger partial charge in [-0.05, 0) is 20.8 Å². The Bertz CT molecular complexity index is 390. The van der Waals surface area contributed by atoms with E-state index in [-0.39, 0.29) is 6.15 Å². The largest absolute Gasteiger partial charge is 0.673 e. The first-order chi connectivity index (χ1) is 10.8. The van der Waals surface area contributed by atoms with E-state index in [0.29, 0.717) is 0 Å². The highest BCUT2D eigenvalue weighted by molar-refractivity contribution is 6.50. The lowest BCUT2D eigenvalue weighted by atomic mass is 10.2. The molecule has 12 heteroatoms. The summed E-state index contributed by atoms with van der Waals surface area (Å²) in [5.41, 5.74) is 1.46. The summed E-state index contributed by atoms with van der Waals surface area (Å²) >= 11 is 0. The lowest BCUT2D eigenvalue weighted by molar-refractivity contribution is -0.936. The third kappa shape index (κ3) is 22.7. The molecule has 150 valence electrons. The predicted octanol–water partition coefficient (Wildman–Crippen LogP) is 6.04. The van der Waals surface area contributed by atoms with Crippen molar-refractivity contribution in [1.82, 2.24) is 6.15 Å². The quantitative estimate of drug-likeness (QED) is 0.365. The number of halogens is 8. The maximum absolute atomic E-state index is 9.75. The molecule has 0 saturated carbocycles. The Morgan fingerprint density at radius 1 is 0.680 bits per heavy atom. The molecule has 0 aliphatic carbocycles. The highest BCUT2D eigenvalue weighted by Crippen LogP contribution is 2.13. The maximum Gasteiger partial charge on any atom is 0.673 e. The molecular weight excluding hydrogens is 358 g/mol. The first kappa shape index (κ1) is 28.5. The van der Waals surface area contributed by atoms with Gasteiger partial charge in [-0.25, -0.2) is 0 Å². The fraction of sp³-hybridized carbons (Fsp3) is 0.538. The smallest absolute Gasteiger partial charge is 0.418 e. The van der Waals surface area contributed by atoms with E-state index in [4.69, 9.17) is 0 Å². The molecule has 1 aromatic carbocycles. The van der Waals surface area contributed by atoms with Crippen molar-refractivity contribution in [2.45, 2.75) is 27.3 Å². The molecule has 0 aliphatic heterocycles. The summed E-state index contributed by atoms with van der Waals surface area (Å²) in [6.45, 7) is 11.7. The molecule has 0 amide bonds. The summed E-state index contributed by atoms with van der Waals surface area (Å²) in [6.07, 6.45) is 0. The molecule has 0 heterocycles. The Hall–Kier alpha value is -1.29. The van der Waals surface area contributed by atoms with Crippen LogP contribution in [0.4, 0.5) is 34.5 Å². The minimum absolute atomic E-state index is 0. The zero-order valence-corrected chi connectivity index (χ0v) is 14.8. The SMILES string of the molecule is CC[N+](CC)(CC)Cc1ccccc1.F[B-](F)(F)F.F[B-](F)(F)F.[NH4+]. The van der Waals surface area contributed by atoms with Crippen LogP contribution in [0.15, 0.2) is 30.3 Å². The van der Waals surface area contributed by atoms with Gasteiger partial charge in [-0.1, -0.05) is 30.3 Å². The van der Waals surface area contributed by atoms with Crippen LogP contribution in [0.2, 0.25) is 0 Å². The van der Waals surface area contributed by atoms with E-state index in [0.717, 1.165) is 0 Å². The summed E-state index contributed by atoms with van der Waals surface area (Å²) in [7, 11) is -12.0. The van der Waals surface area contributed by atoms with Crippen LogP contribution < -0.4 is 6.15 Å². The monoisotopic (exact) mass is 384 g/mol. The molecule has 2 nitrogen and oxygen atoms in total. The van der Waals surface area contributed by atoms with Gasteiger partial charge >= 0.3 is 14.5 Å². The number of hydrogen-bond acceptors (Lipinski definition) is 0. The molecule has 0 aliphatic rings. The van der Waals surface area contributed by atoms with Crippen LogP contribution in [-0.4, -0.2) is 38.6 Å². The fourth-order valence-electron chi connectivity index (χ4n) is 1.98. The van der Waals surface area contributed by atoms with Gasteiger partial charge in [0.15, 0.2) is 0 Å². The Labute approximate surface area is 143 Å². The number of hydrogen-bond donors (Lipinski definition) is 1. The zero-order chi connectivity index (χ0) is 19.4. The third-order valence-electron chi connectivity index (χ3n) is 3.37. The minimum Gasteiger partial charge on any atom is -0.418 e. The summed E-state index contributed by atoms with van der Waals surface area (Å²) in [6, 6.07) is 10.8. The van der Waals surface area contributed by atoms with Crippen molar-refractivity contribution in [3.05, 3.63) is 35.9 Å². The first-order valence-electron chi connectivity index (χ1n) is 7.40. The lowest BCUT2D eigenvalue weighted by Gasteiger charge is -2.35. The van der Waals surface area contributed by atoms with Gasteiger partial charge in [0.2, 0.25) is 0 Å². The van der Waals surface area contributed by atoms with Gasteiger partial charge in [-0.15, -0.1) is 0 Å². The summed E-state index contributed by atoms with van der Waals surface area (Å²) in [4.78, 5) is 0. The molecular formula is C13H26B2F8N2. The number of quaternary nitrogens is 2. The van der Waals surface area contributed by atoms with Crippen LogP contribution in [0.25, 0.3) is 0 Å². The molecule has 0 bridgehead atoms. The van der Waals surface area contributed by atoms with Crippen molar-refractivity contribution in [3.63, 3.8) is 0 Å². The van der Waals surface area contributed by atoms with E-state index < -0.39 is 14.5 Å². The van der Waals surface area contributed by atoms with Crippen molar-refractivity contribution < 1.29 is 39.0 Å². The van der Waals surface area contributed by atoms with Crippen LogP contribution in [0.5, 0.6) is 0 Å². The van der Waals surface area contributed by atoms with Gasteiger partial charge in [0.25, 0.3) is 0 Å². The van der Waals surface area contributed by atoms with Gasteiger partial charge in [-0.3, -0.25) is 0 Å². The molecule has 4 N–H and O–H groups in total. The molecule has 0 atom stereocenters. The zero-order valence-electron chi connectivity index (χ0n) is 14.8. The third-order valence-corrected chi connectivity index (χ3v) is 3.37. The van der Waals surface area contributed by atoms with Crippen LogP contribution in [0.1, 0.15) is 26.3 Å². The van der Waals surface area contributed by atoms with Crippen molar-refractivity contribution >= 4 is 14.5 Å².